The molecule has 2 atom stereocenters. The van der Waals surface area contributed by atoms with E-state index >= 15 is 0 Å². The van der Waals surface area contributed by atoms with Gasteiger partial charge in [-0.25, -0.2) is 0 Å². The molecule has 2 N–H and O–H groups in total. The zero-order valence-corrected chi connectivity index (χ0v) is 20.5. The first-order chi connectivity index (χ1) is 14.8. The predicted octanol–water partition coefficient (Wildman–Crippen LogP) is 2.53. The molecule has 1 aromatic heterocycles. The number of aryl methyl sites for hydroxylation is 1. The normalized spacial score (nSPS) is 27.3. The minimum absolute atomic E-state index is 0. The average Bonchev–Trinajstić information content (AvgIpc) is 3.32. The number of piperazine rings is 3. The molecule has 4 aliphatic rings. The van der Waals surface area contributed by atoms with Crippen LogP contribution in [0.4, 0.5) is 0 Å². The Morgan fingerprint density at radius 2 is 1.90 bits per heavy atom. The summed E-state index contributed by atoms with van der Waals surface area (Å²) in [6.45, 7) is 7.64. The molecular weight excluding hydrogens is 501 g/mol. The second kappa shape index (κ2) is 10.8. The lowest BCUT2D eigenvalue weighted by atomic mass is 9.88. The minimum Gasteiger partial charge on any atom is -0.469 e. The number of aliphatic imine (C=N–C) groups is 1. The van der Waals surface area contributed by atoms with Gasteiger partial charge in [0.25, 0.3) is 0 Å². The van der Waals surface area contributed by atoms with Crippen LogP contribution in [0.2, 0.25) is 0 Å². The van der Waals surface area contributed by atoms with Gasteiger partial charge in [0.05, 0.1) is 12.8 Å². The Bertz CT molecular complexity index is 847. The number of halogens is 1. The van der Waals surface area contributed by atoms with Gasteiger partial charge in [0.1, 0.15) is 5.76 Å². The fraction of sp³-hybridized carbons (Fsp3) is 0.542. The van der Waals surface area contributed by atoms with Crippen molar-refractivity contribution in [2.24, 2.45) is 4.99 Å². The standard InChI is InChI=1S/C24H33N5O.HI/c1-2-5-20-16-21(8-7-19(20)4-1)27-24(25-10-9-23-6-3-15-30-23)26-17-22-18-28-11-13-29(22)14-12-28;/h1-6,15,21-22H,7-14,16-18H2,(H2,25,26,27);1H. The fourth-order valence-electron chi connectivity index (χ4n) is 5.02. The molecule has 2 bridgehead atoms. The summed E-state index contributed by atoms with van der Waals surface area (Å²) in [5.41, 5.74) is 2.97. The van der Waals surface area contributed by atoms with Crippen molar-refractivity contribution in [2.45, 2.75) is 37.8 Å². The van der Waals surface area contributed by atoms with Gasteiger partial charge in [-0.2, -0.15) is 0 Å². The van der Waals surface area contributed by atoms with Gasteiger partial charge < -0.3 is 15.1 Å². The summed E-state index contributed by atoms with van der Waals surface area (Å²) in [6, 6.07) is 13.8. The summed E-state index contributed by atoms with van der Waals surface area (Å²) < 4.78 is 5.48. The maximum absolute atomic E-state index is 5.48. The van der Waals surface area contributed by atoms with Crippen LogP contribution in [0.3, 0.4) is 0 Å². The summed E-state index contributed by atoms with van der Waals surface area (Å²) >= 11 is 0. The van der Waals surface area contributed by atoms with Gasteiger partial charge >= 0.3 is 0 Å². The van der Waals surface area contributed by atoms with E-state index in [0.29, 0.717) is 12.1 Å². The SMILES string of the molecule is I.c1coc(CCNC(=NCC2CN3CCN2CC3)NC2CCc3ccccc3C2)c1. The number of nitrogens with zero attached hydrogens (tertiary/aromatic N) is 3. The van der Waals surface area contributed by atoms with Gasteiger partial charge in [0.15, 0.2) is 5.96 Å². The molecule has 4 heterocycles. The Balaban J connectivity index is 0.00000231. The lowest BCUT2D eigenvalue weighted by Gasteiger charge is -2.47. The van der Waals surface area contributed by atoms with E-state index in [2.05, 4.69) is 44.7 Å². The largest absolute Gasteiger partial charge is 0.469 e. The highest BCUT2D eigenvalue weighted by atomic mass is 127. The Kier molecular flexibility index (Phi) is 7.90. The quantitative estimate of drug-likeness (QED) is 0.339. The molecule has 2 aromatic rings. The van der Waals surface area contributed by atoms with Crippen LogP contribution in [0.15, 0.2) is 52.1 Å². The molecule has 6 rings (SSSR count). The van der Waals surface area contributed by atoms with Crippen LogP contribution in [-0.2, 0) is 19.3 Å². The van der Waals surface area contributed by atoms with Gasteiger partial charge in [0, 0.05) is 57.8 Å². The Hall–Kier alpha value is -1.58. The van der Waals surface area contributed by atoms with E-state index in [4.69, 9.17) is 9.41 Å². The molecule has 0 amide bonds. The molecular formula is C24H34IN5O. The Labute approximate surface area is 202 Å². The molecule has 168 valence electrons. The van der Waals surface area contributed by atoms with Crippen LogP contribution in [0, 0.1) is 0 Å². The lowest BCUT2D eigenvalue weighted by molar-refractivity contribution is 0.0174. The van der Waals surface area contributed by atoms with Crippen molar-refractivity contribution in [3.63, 3.8) is 0 Å². The van der Waals surface area contributed by atoms with Crippen LogP contribution < -0.4 is 10.6 Å². The number of nitrogens with one attached hydrogen (secondary N) is 2. The number of fused-ring (bicyclic) bond motifs is 4. The van der Waals surface area contributed by atoms with E-state index in [1.807, 2.05) is 12.1 Å². The van der Waals surface area contributed by atoms with Crippen LogP contribution in [0.5, 0.6) is 0 Å². The second-order valence-electron chi connectivity index (χ2n) is 8.79. The molecule has 31 heavy (non-hydrogen) atoms. The second-order valence-corrected chi connectivity index (χ2v) is 8.79. The molecule has 3 saturated heterocycles. The van der Waals surface area contributed by atoms with Gasteiger partial charge in [-0.1, -0.05) is 24.3 Å². The van der Waals surface area contributed by atoms with Gasteiger partial charge in [-0.15, -0.1) is 24.0 Å². The van der Waals surface area contributed by atoms with Gasteiger partial charge in [0.2, 0.25) is 0 Å². The van der Waals surface area contributed by atoms with E-state index in [9.17, 15) is 0 Å². The number of rotatable bonds is 6. The molecule has 1 aromatic carbocycles. The first-order valence-electron chi connectivity index (χ1n) is 11.4. The average molecular weight is 535 g/mol. The fourth-order valence-corrected chi connectivity index (χ4v) is 5.02. The predicted molar refractivity (Wildman–Crippen MR) is 135 cm³/mol. The first-order valence-corrected chi connectivity index (χ1v) is 11.4. The highest BCUT2D eigenvalue weighted by Crippen LogP contribution is 2.21. The van der Waals surface area contributed by atoms with Crippen LogP contribution in [-0.4, -0.2) is 73.7 Å². The van der Waals surface area contributed by atoms with E-state index in [-0.39, 0.29) is 24.0 Å². The molecule has 3 fully saturated rings. The molecule has 6 nitrogen and oxygen atoms in total. The van der Waals surface area contributed by atoms with E-state index in [1.54, 1.807) is 6.26 Å². The van der Waals surface area contributed by atoms with Gasteiger partial charge in [-0.3, -0.25) is 14.8 Å². The molecule has 7 heteroatoms. The highest BCUT2D eigenvalue weighted by molar-refractivity contribution is 14.0. The lowest BCUT2D eigenvalue weighted by Crippen LogP contribution is -2.62. The molecule has 3 aliphatic heterocycles. The van der Waals surface area contributed by atoms with Gasteiger partial charge in [-0.05, 0) is 42.5 Å². The maximum atomic E-state index is 5.48. The maximum Gasteiger partial charge on any atom is 0.191 e. The third-order valence-corrected chi connectivity index (χ3v) is 6.78. The van der Waals surface area contributed by atoms with Crippen molar-refractivity contribution in [3.8, 4) is 0 Å². The van der Waals surface area contributed by atoms with Crippen LogP contribution in [0.25, 0.3) is 0 Å². The van der Waals surface area contributed by atoms with Crippen molar-refractivity contribution in [1.82, 2.24) is 20.4 Å². The van der Waals surface area contributed by atoms with E-state index in [0.717, 1.165) is 57.0 Å². The van der Waals surface area contributed by atoms with Crippen LogP contribution >= 0.6 is 24.0 Å². The third-order valence-electron chi connectivity index (χ3n) is 6.78. The number of hydrogen-bond donors (Lipinski definition) is 2. The number of guanidine groups is 1. The van der Waals surface area contributed by atoms with Crippen molar-refractivity contribution >= 4 is 29.9 Å². The van der Waals surface area contributed by atoms with Crippen molar-refractivity contribution < 1.29 is 4.42 Å². The molecule has 0 radical (unpaired) electrons. The summed E-state index contributed by atoms with van der Waals surface area (Å²) in [4.78, 5) is 10.2. The topological polar surface area (TPSA) is 56.0 Å². The third kappa shape index (κ3) is 5.81. The zero-order chi connectivity index (χ0) is 20.2. The monoisotopic (exact) mass is 535 g/mol. The number of hydrogen-bond acceptors (Lipinski definition) is 4. The number of furan rings is 1. The molecule has 1 aliphatic carbocycles. The van der Waals surface area contributed by atoms with Crippen molar-refractivity contribution in [1.29, 1.82) is 0 Å². The summed E-state index contributed by atoms with van der Waals surface area (Å²) in [6.07, 6.45) is 5.96. The van der Waals surface area contributed by atoms with Crippen LogP contribution in [0.1, 0.15) is 23.3 Å². The molecule has 2 unspecified atom stereocenters. The number of benzene rings is 1. The summed E-state index contributed by atoms with van der Waals surface area (Å²) in [5.74, 6) is 1.96. The van der Waals surface area contributed by atoms with E-state index in [1.165, 1.54) is 37.3 Å². The Morgan fingerprint density at radius 3 is 2.65 bits per heavy atom. The molecule has 0 spiro atoms. The summed E-state index contributed by atoms with van der Waals surface area (Å²) in [5, 5.41) is 7.30. The van der Waals surface area contributed by atoms with E-state index < -0.39 is 0 Å². The van der Waals surface area contributed by atoms with Crippen molar-refractivity contribution in [3.05, 3.63) is 59.5 Å². The first kappa shape index (κ1) is 22.6. The zero-order valence-electron chi connectivity index (χ0n) is 18.1. The smallest absolute Gasteiger partial charge is 0.191 e. The summed E-state index contributed by atoms with van der Waals surface area (Å²) in [7, 11) is 0. The molecule has 0 saturated carbocycles. The highest BCUT2D eigenvalue weighted by Gasteiger charge is 2.31. The Morgan fingerprint density at radius 1 is 1.06 bits per heavy atom. The van der Waals surface area contributed by atoms with Crippen molar-refractivity contribution in [2.75, 3.05) is 45.8 Å². The minimum atomic E-state index is 0.